The average Bonchev–Trinajstić information content (AvgIpc) is 2.73. The maximum atomic E-state index is 12.6. The Kier molecular flexibility index (Phi) is 5.31. The molecule has 2 saturated heterocycles. The second-order valence-corrected chi connectivity index (χ2v) is 7.11. The van der Waals surface area contributed by atoms with Crippen LogP contribution in [0.25, 0.3) is 0 Å². The van der Waals surface area contributed by atoms with Gasteiger partial charge >= 0.3 is 0 Å². The van der Waals surface area contributed by atoms with Crippen molar-refractivity contribution in [3.05, 3.63) is 64.1 Å². The summed E-state index contributed by atoms with van der Waals surface area (Å²) in [5, 5.41) is 6.38. The van der Waals surface area contributed by atoms with Gasteiger partial charge < -0.3 is 9.64 Å². The van der Waals surface area contributed by atoms with E-state index in [1.807, 2.05) is 11.0 Å². The van der Waals surface area contributed by atoms with Crippen molar-refractivity contribution in [2.75, 3.05) is 32.8 Å². The van der Waals surface area contributed by atoms with Gasteiger partial charge in [0.2, 0.25) is 5.91 Å². The first-order chi connectivity index (χ1) is 13.2. The van der Waals surface area contributed by atoms with Crippen molar-refractivity contribution in [3.8, 4) is 0 Å². The van der Waals surface area contributed by atoms with E-state index in [2.05, 4.69) is 39.4 Å². The van der Waals surface area contributed by atoms with E-state index in [1.54, 1.807) is 6.07 Å². The number of aromatic nitrogens is 2. The summed E-state index contributed by atoms with van der Waals surface area (Å²) in [7, 11) is 0. The lowest BCUT2D eigenvalue weighted by atomic mass is 10.00. The molecule has 27 heavy (non-hydrogen) atoms. The van der Waals surface area contributed by atoms with Gasteiger partial charge in [0.15, 0.2) is 0 Å². The number of hydrogen-bond donors (Lipinski definition) is 1. The number of piperazine rings is 1. The molecule has 0 aliphatic carbocycles. The van der Waals surface area contributed by atoms with E-state index in [0.717, 1.165) is 18.8 Å². The molecule has 7 heteroatoms. The number of nitrogens with zero attached hydrogens (tertiary/aromatic N) is 3. The number of rotatable bonds is 4. The number of morpholine rings is 1. The average molecular weight is 368 g/mol. The summed E-state index contributed by atoms with van der Waals surface area (Å²) in [5.41, 5.74) is 1.77. The molecule has 1 aromatic carbocycles. The summed E-state index contributed by atoms with van der Waals surface area (Å²) >= 11 is 0. The minimum atomic E-state index is -0.230. The molecule has 7 nitrogen and oxygen atoms in total. The van der Waals surface area contributed by atoms with Crippen LogP contribution in [0.4, 0.5) is 0 Å². The molecule has 0 radical (unpaired) electrons. The zero-order valence-electron chi connectivity index (χ0n) is 15.2. The number of carbonyl (C=O) groups excluding carboxylic acids is 1. The monoisotopic (exact) mass is 368 g/mol. The van der Waals surface area contributed by atoms with E-state index in [9.17, 15) is 9.59 Å². The van der Waals surface area contributed by atoms with Crippen LogP contribution in [0.3, 0.4) is 0 Å². The quantitative estimate of drug-likeness (QED) is 0.871. The first-order valence-corrected chi connectivity index (χ1v) is 9.41. The van der Waals surface area contributed by atoms with E-state index < -0.39 is 0 Å². The highest BCUT2D eigenvalue weighted by Crippen LogP contribution is 2.29. The highest BCUT2D eigenvalue weighted by Gasteiger charge is 2.37. The van der Waals surface area contributed by atoms with E-state index in [4.69, 9.17) is 4.74 Å². The number of ether oxygens (including phenoxy) is 1. The zero-order valence-corrected chi connectivity index (χ0v) is 15.2. The summed E-state index contributed by atoms with van der Waals surface area (Å²) in [4.78, 5) is 28.1. The van der Waals surface area contributed by atoms with Crippen molar-refractivity contribution in [2.24, 2.45) is 0 Å². The van der Waals surface area contributed by atoms with Crippen molar-refractivity contribution in [1.29, 1.82) is 0 Å². The Morgan fingerprint density at radius 1 is 1.15 bits per heavy atom. The van der Waals surface area contributed by atoms with Crippen molar-refractivity contribution in [1.82, 2.24) is 20.0 Å². The summed E-state index contributed by atoms with van der Waals surface area (Å²) in [6, 6.07) is 14.0. The third-order valence-electron chi connectivity index (χ3n) is 5.38. The van der Waals surface area contributed by atoms with Gasteiger partial charge in [0.1, 0.15) is 0 Å². The zero-order chi connectivity index (χ0) is 18.6. The molecule has 2 aliphatic rings. The van der Waals surface area contributed by atoms with Gasteiger partial charge in [-0.3, -0.25) is 14.5 Å². The van der Waals surface area contributed by atoms with Gasteiger partial charge in [0.25, 0.3) is 5.56 Å². The Bertz CT molecular complexity index is 818. The van der Waals surface area contributed by atoms with Crippen LogP contribution in [0.5, 0.6) is 0 Å². The Hall–Kier alpha value is -2.51. The number of carbonyl (C=O) groups is 1. The maximum absolute atomic E-state index is 12.6. The minimum Gasteiger partial charge on any atom is -0.378 e. The fourth-order valence-electron chi connectivity index (χ4n) is 3.93. The number of hydrogen-bond acceptors (Lipinski definition) is 5. The smallest absolute Gasteiger partial charge is 0.264 e. The Labute approximate surface area is 157 Å². The number of aromatic amines is 1. The summed E-state index contributed by atoms with van der Waals surface area (Å²) in [5.74, 6) is 0.129. The van der Waals surface area contributed by atoms with E-state index in [-0.39, 0.29) is 23.6 Å². The van der Waals surface area contributed by atoms with Crippen LogP contribution in [-0.2, 0) is 16.0 Å². The number of amides is 1. The number of benzene rings is 1. The number of fused-ring (bicyclic) bond motifs is 1. The molecule has 2 atom stereocenters. The number of H-pyrrole nitrogens is 1. The first-order valence-electron chi connectivity index (χ1n) is 9.41. The van der Waals surface area contributed by atoms with Gasteiger partial charge in [0.05, 0.1) is 31.0 Å². The molecular formula is C20H24N4O3. The fraction of sp³-hybridized carbons (Fsp3) is 0.450. The van der Waals surface area contributed by atoms with Crippen LogP contribution in [0.15, 0.2) is 47.3 Å². The lowest BCUT2D eigenvalue weighted by Gasteiger charge is -2.48. The third-order valence-corrected chi connectivity index (χ3v) is 5.38. The molecule has 0 bridgehead atoms. The van der Waals surface area contributed by atoms with Gasteiger partial charge in [-0.1, -0.05) is 30.3 Å². The molecule has 2 aliphatic heterocycles. The molecule has 0 unspecified atom stereocenters. The molecule has 2 fully saturated rings. The van der Waals surface area contributed by atoms with Gasteiger partial charge in [-0.15, -0.1) is 0 Å². The van der Waals surface area contributed by atoms with Crippen LogP contribution in [0.2, 0.25) is 0 Å². The molecule has 3 heterocycles. The van der Waals surface area contributed by atoms with Crippen molar-refractivity contribution >= 4 is 5.91 Å². The molecule has 142 valence electrons. The topological polar surface area (TPSA) is 78.5 Å². The molecule has 0 saturated carbocycles. The van der Waals surface area contributed by atoms with Crippen LogP contribution in [0.1, 0.15) is 23.7 Å². The molecule has 1 N–H and O–H groups in total. The molecule has 0 spiro atoms. The molecular weight excluding hydrogens is 344 g/mol. The van der Waals surface area contributed by atoms with E-state index >= 15 is 0 Å². The Morgan fingerprint density at radius 3 is 2.78 bits per heavy atom. The minimum absolute atomic E-state index is 0.129. The molecule has 1 amide bonds. The van der Waals surface area contributed by atoms with Gasteiger partial charge in [-0.2, -0.15) is 5.10 Å². The standard InChI is InChI=1S/C20H24N4O3/c25-19-8-6-16(21-22-19)7-9-20(26)23-10-11-24-17(12-23)13-27-14-18(24)15-4-2-1-3-5-15/h1-6,8,17-18H,7,9-14H2,(H,22,25)/t17-,18-/m1/s1. The Balaban J connectivity index is 1.35. The van der Waals surface area contributed by atoms with Crippen LogP contribution in [-0.4, -0.2) is 64.8 Å². The summed E-state index contributed by atoms with van der Waals surface area (Å²) < 4.78 is 5.85. The maximum Gasteiger partial charge on any atom is 0.264 e. The second kappa shape index (κ2) is 8.02. The van der Waals surface area contributed by atoms with Crippen molar-refractivity contribution in [3.63, 3.8) is 0 Å². The number of nitrogens with one attached hydrogen (secondary N) is 1. The molecule has 4 rings (SSSR count). The SMILES string of the molecule is O=C(CCc1ccc(=O)[nH]n1)N1CCN2[C@@H](COC[C@@H]2c2ccccc2)C1. The van der Waals surface area contributed by atoms with Crippen LogP contribution >= 0.6 is 0 Å². The van der Waals surface area contributed by atoms with E-state index in [1.165, 1.54) is 11.6 Å². The Morgan fingerprint density at radius 2 is 2.00 bits per heavy atom. The third kappa shape index (κ3) is 4.09. The lowest BCUT2D eigenvalue weighted by molar-refractivity contribution is -0.140. The predicted molar refractivity (Wildman–Crippen MR) is 100 cm³/mol. The fourth-order valence-corrected chi connectivity index (χ4v) is 3.93. The van der Waals surface area contributed by atoms with Crippen LogP contribution in [0, 0.1) is 0 Å². The van der Waals surface area contributed by atoms with Crippen molar-refractivity contribution in [2.45, 2.75) is 24.9 Å². The first kappa shape index (κ1) is 17.9. The number of aryl methyl sites for hydroxylation is 1. The second-order valence-electron chi connectivity index (χ2n) is 7.11. The predicted octanol–water partition coefficient (Wildman–Crippen LogP) is 0.987. The van der Waals surface area contributed by atoms with E-state index in [0.29, 0.717) is 32.6 Å². The highest BCUT2D eigenvalue weighted by molar-refractivity contribution is 5.76. The van der Waals surface area contributed by atoms with Gasteiger partial charge in [-0.25, -0.2) is 5.10 Å². The lowest BCUT2D eigenvalue weighted by Crippen LogP contribution is -2.60. The molecule has 2 aromatic rings. The van der Waals surface area contributed by atoms with Crippen molar-refractivity contribution < 1.29 is 9.53 Å². The normalized spacial score (nSPS) is 23.0. The van der Waals surface area contributed by atoms with Gasteiger partial charge in [-0.05, 0) is 11.6 Å². The summed E-state index contributed by atoms with van der Waals surface area (Å²) in [6.45, 7) is 3.65. The van der Waals surface area contributed by atoms with Crippen LogP contribution < -0.4 is 5.56 Å². The molecule has 1 aromatic heterocycles. The van der Waals surface area contributed by atoms with Gasteiger partial charge in [0, 0.05) is 38.5 Å². The highest BCUT2D eigenvalue weighted by atomic mass is 16.5. The largest absolute Gasteiger partial charge is 0.378 e. The summed E-state index contributed by atoms with van der Waals surface area (Å²) in [6.07, 6.45) is 0.929.